The largest absolute Gasteiger partial charge is 0.448 e. The number of unbranched alkanes of at least 4 members (excludes halogenated alkanes) is 1. The number of halogens is 1. The topological polar surface area (TPSA) is 77.0 Å². The summed E-state index contributed by atoms with van der Waals surface area (Å²) < 4.78 is 24.4. The van der Waals surface area contributed by atoms with Crippen molar-refractivity contribution in [1.82, 2.24) is 5.32 Å². The molecule has 2 aliphatic heterocycles. The summed E-state index contributed by atoms with van der Waals surface area (Å²) in [4.78, 5) is 26.9. The van der Waals surface area contributed by atoms with E-state index in [-0.39, 0.29) is 18.8 Å². The summed E-state index contributed by atoms with van der Waals surface area (Å²) in [5.41, 5.74) is 0. The van der Waals surface area contributed by atoms with E-state index in [0.717, 1.165) is 12.8 Å². The van der Waals surface area contributed by atoms with Crippen LogP contribution in [0.2, 0.25) is 0 Å². The van der Waals surface area contributed by atoms with Crippen LogP contribution in [-0.4, -0.2) is 36.7 Å². The minimum atomic E-state index is -0.906. The van der Waals surface area contributed by atoms with Gasteiger partial charge in [-0.05, 0) is 32.3 Å². The Kier molecular flexibility index (Phi) is 5.65. The number of nitrogens with one attached hydrogen (secondary N) is 1. The average molecular weight is 312 g/mol. The summed E-state index contributed by atoms with van der Waals surface area (Å²) in [6, 6.07) is 0. The summed E-state index contributed by atoms with van der Waals surface area (Å²) in [6.07, 6.45) is 3.12. The van der Waals surface area contributed by atoms with Crippen molar-refractivity contribution in [2.75, 3.05) is 6.61 Å². The summed E-state index contributed by atoms with van der Waals surface area (Å²) in [5, 5.41) is 2.32. The molecule has 2 aliphatic rings. The van der Waals surface area contributed by atoms with Gasteiger partial charge in [0.05, 0.1) is 24.7 Å². The van der Waals surface area contributed by atoms with Gasteiger partial charge < -0.3 is 14.8 Å². The molecule has 0 aromatic heterocycles. The van der Waals surface area contributed by atoms with Gasteiger partial charge in [0.1, 0.15) is 0 Å². The van der Waals surface area contributed by atoms with E-state index in [1.54, 1.807) is 0 Å². The van der Waals surface area contributed by atoms with E-state index in [2.05, 4.69) is 10.3 Å². The summed E-state index contributed by atoms with van der Waals surface area (Å²) >= 11 is 0. The van der Waals surface area contributed by atoms with Crippen LogP contribution in [0.3, 0.4) is 0 Å². The van der Waals surface area contributed by atoms with E-state index in [9.17, 15) is 14.0 Å². The third kappa shape index (κ3) is 4.13. The Morgan fingerprint density at radius 3 is 2.95 bits per heavy atom. The van der Waals surface area contributed by atoms with Gasteiger partial charge in [-0.2, -0.15) is 4.99 Å². The van der Waals surface area contributed by atoms with Crippen molar-refractivity contribution in [3.63, 3.8) is 0 Å². The number of hydrogen-bond acceptors (Lipinski definition) is 4. The molecular formula is C15H21FN2O4. The zero-order valence-electron chi connectivity index (χ0n) is 12.8. The Balaban J connectivity index is 2.01. The first-order valence-electron chi connectivity index (χ1n) is 7.60. The van der Waals surface area contributed by atoms with E-state index in [4.69, 9.17) is 9.47 Å². The molecule has 0 aromatic rings. The highest BCUT2D eigenvalue weighted by Gasteiger charge is 2.37. The predicted molar refractivity (Wildman–Crippen MR) is 78.1 cm³/mol. The molecular weight excluding hydrogens is 291 g/mol. The van der Waals surface area contributed by atoms with Crippen molar-refractivity contribution < 1.29 is 23.5 Å². The molecule has 1 saturated heterocycles. The van der Waals surface area contributed by atoms with Gasteiger partial charge in [0.15, 0.2) is 11.7 Å². The third-order valence-electron chi connectivity index (χ3n) is 3.69. The number of nitrogens with zero attached hydrogens (tertiary/aromatic N) is 1. The highest BCUT2D eigenvalue weighted by atomic mass is 19.1. The number of carbonyl (C=O) groups excluding carboxylic acids is 2. The predicted octanol–water partition coefficient (Wildman–Crippen LogP) is 2.49. The zero-order chi connectivity index (χ0) is 16.1. The molecule has 2 rings (SSSR count). The molecule has 0 bridgehead atoms. The van der Waals surface area contributed by atoms with E-state index >= 15 is 0 Å². The SMILES string of the molecule is CCCCOC(=O)/N=C1/NC(=O)C(C2CCC(C)O2)C=C1F. The minimum absolute atomic E-state index is 0.0675. The Bertz CT molecular complexity index is 504. The second-order valence-corrected chi connectivity index (χ2v) is 5.52. The van der Waals surface area contributed by atoms with Crippen molar-refractivity contribution in [1.29, 1.82) is 0 Å². The standard InChI is InChI=1S/C15H21FN2O4/c1-3-4-7-21-15(20)18-13-11(16)8-10(14(19)17-13)12-6-5-9(2)22-12/h8-10,12H,3-7H2,1-2H3,(H,17,18,19,20). The van der Waals surface area contributed by atoms with Crippen molar-refractivity contribution in [2.24, 2.45) is 10.9 Å². The van der Waals surface area contributed by atoms with Crippen molar-refractivity contribution >= 4 is 17.8 Å². The van der Waals surface area contributed by atoms with Gasteiger partial charge in [-0.1, -0.05) is 13.3 Å². The molecule has 3 unspecified atom stereocenters. The van der Waals surface area contributed by atoms with Crippen LogP contribution in [0.5, 0.6) is 0 Å². The highest BCUT2D eigenvalue weighted by molar-refractivity contribution is 6.13. The Morgan fingerprint density at radius 2 is 2.32 bits per heavy atom. The van der Waals surface area contributed by atoms with Gasteiger partial charge in [0.2, 0.25) is 5.91 Å². The molecule has 22 heavy (non-hydrogen) atoms. The van der Waals surface area contributed by atoms with Crippen LogP contribution in [0, 0.1) is 5.92 Å². The summed E-state index contributed by atoms with van der Waals surface area (Å²) in [7, 11) is 0. The van der Waals surface area contributed by atoms with Crippen LogP contribution >= 0.6 is 0 Å². The van der Waals surface area contributed by atoms with E-state index < -0.39 is 29.6 Å². The van der Waals surface area contributed by atoms with Gasteiger partial charge in [-0.3, -0.25) is 4.79 Å². The smallest absolute Gasteiger partial charge is 0.435 e. The first-order valence-corrected chi connectivity index (χ1v) is 7.60. The number of amidine groups is 1. The fourth-order valence-electron chi connectivity index (χ4n) is 2.45. The van der Waals surface area contributed by atoms with Crippen LogP contribution < -0.4 is 5.32 Å². The molecule has 3 atom stereocenters. The molecule has 7 heteroatoms. The molecule has 0 aliphatic carbocycles. The molecule has 6 nitrogen and oxygen atoms in total. The fourth-order valence-corrected chi connectivity index (χ4v) is 2.45. The average Bonchev–Trinajstić information content (AvgIpc) is 2.89. The molecule has 2 heterocycles. The fraction of sp³-hybridized carbons (Fsp3) is 0.667. The van der Waals surface area contributed by atoms with E-state index in [0.29, 0.717) is 12.8 Å². The third-order valence-corrected chi connectivity index (χ3v) is 3.69. The van der Waals surface area contributed by atoms with Crippen LogP contribution in [0.1, 0.15) is 39.5 Å². The molecule has 1 N–H and O–H groups in total. The van der Waals surface area contributed by atoms with Gasteiger partial charge in [0, 0.05) is 0 Å². The van der Waals surface area contributed by atoms with Gasteiger partial charge in [-0.25, -0.2) is 9.18 Å². The van der Waals surface area contributed by atoms with Crippen LogP contribution in [0.15, 0.2) is 16.9 Å². The first kappa shape index (κ1) is 16.6. The number of aliphatic imine (C=N–C) groups is 1. The van der Waals surface area contributed by atoms with Gasteiger partial charge in [-0.15, -0.1) is 0 Å². The molecule has 122 valence electrons. The molecule has 2 amide bonds. The van der Waals surface area contributed by atoms with E-state index in [1.807, 2.05) is 13.8 Å². The van der Waals surface area contributed by atoms with Gasteiger partial charge in [0.25, 0.3) is 0 Å². The second kappa shape index (κ2) is 7.49. The van der Waals surface area contributed by atoms with Crippen LogP contribution in [-0.2, 0) is 14.3 Å². The number of ether oxygens (including phenoxy) is 2. The first-order chi connectivity index (χ1) is 10.5. The Morgan fingerprint density at radius 1 is 1.55 bits per heavy atom. The molecule has 0 aromatic carbocycles. The maximum Gasteiger partial charge on any atom is 0.435 e. The lowest BCUT2D eigenvalue weighted by Crippen LogP contribution is -2.44. The van der Waals surface area contributed by atoms with Crippen molar-refractivity contribution in [3.05, 3.63) is 11.9 Å². The minimum Gasteiger partial charge on any atom is -0.448 e. The second-order valence-electron chi connectivity index (χ2n) is 5.52. The lowest BCUT2D eigenvalue weighted by atomic mass is 9.95. The number of carbonyl (C=O) groups is 2. The zero-order valence-corrected chi connectivity index (χ0v) is 12.8. The number of rotatable bonds is 4. The Labute approximate surface area is 128 Å². The summed E-state index contributed by atoms with van der Waals surface area (Å²) in [5.74, 6) is -2.24. The number of amides is 2. The van der Waals surface area contributed by atoms with Crippen LogP contribution in [0.25, 0.3) is 0 Å². The maximum absolute atomic E-state index is 14.0. The molecule has 0 spiro atoms. The number of hydrogen-bond donors (Lipinski definition) is 1. The van der Waals surface area contributed by atoms with Gasteiger partial charge >= 0.3 is 6.09 Å². The molecule has 1 fully saturated rings. The van der Waals surface area contributed by atoms with Crippen molar-refractivity contribution in [2.45, 2.75) is 51.7 Å². The normalized spacial score (nSPS) is 30.1. The van der Waals surface area contributed by atoms with Crippen LogP contribution in [0.4, 0.5) is 9.18 Å². The van der Waals surface area contributed by atoms with E-state index in [1.165, 1.54) is 6.08 Å². The quantitative estimate of drug-likeness (QED) is 0.809. The monoisotopic (exact) mass is 312 g/mol. The maximum atomic E-state index is 14.0. The molecule has 0 radical (unpaired) electrons. The summed E-state index contributed by atoms with van der Waals surface area (Å²) in [6.45, 7) is 4.09. The highest BCUT2D eigenvalue weighted by Crippen LogP contribution is 2.28. The molecule has 0 saturated carbocycles. The Hall–Kier alpha value is -1.76. The van der Waals surface area contributed by atoms with Crippen molar-refractivity contribution in [3.8, 4) is 0 Å². The lowest BCUT2D eigenvalue weighted by Gasteiger charge is -2.24. The lowest BCUT2D eigenvalue weighted by molar-refractivity contribution is -0.126.